The Balaban J connectivity index is 1.49. The number of carbonyl (C=O) groups is 2. The summed E-state index contributed by atoms with van der Waals surface area (Å²) in [6.45, 7) is 3.81. The van der Waals surface area contributed by atoms with Gasteiger partial charge in [-0.2, -0.15) is 0 Å². The van der Waals surface area contributed by atoms with E-state index in [0.29, 0.717) is 31.7 Å². The fraction of sp³-hybridized carbons (Fsp3) is 0.409. The zero-order valence-electron chi connectivity index (χ0n) is 16.1. The van der Waals surface area contributed by atoms with Gasteiger partial charge in [0.05, 0.1) is 12.1 Å². The van der Waals surface area contributed by atoms with Gasteiger partial charge < -0.3 is 14.5 Å². The number of hydrogen-bond acceptors (Lipinski definition) is 4. The van der Waals surface area contributed by atoms with Gasteiger partial charge >= 0.3 is 0 Å². The van der Waals surface area contributed by atoms with E-state index in [2.05, 4.69) is 4.98 Å². The molecular weight excluding hydrogens is 354 g/mol. The number of likely N-dealkylation sites (tertiary alicyclic amines) is 1. The van der Waals surface area contributed by atoms with Crippen molar-refractivity contribution in [2.24, 2.45) is 0 Å². The molecule has 0 aliphatic carbocycles. The number of rotatable bonds is 2. The minimum Gasteiger partial charge on any atom is -0.363 e. The lowest BCUT2D eigenvalue weighted by Gasteiger charge is -2.42. The molecular formula is C22H25N3O3. The van der Waals surface area contributed by atoms with E-state index < -0.39 is 5.60 Å². The number of para-hydroxylation sites is 1. The summed E-state index contributed by atoms with van der Waals surface area (Å²) < 4.78 is 6.06. The molecule has 2 aromatic rings. The lowest BCUT2D eigenvalue weighted by Crippen LogP contribution is -2.55. The Labute approximate surface area is 165 Å². The van der Waals surface area contributed by atoms with E-state index in [0.717, 1.165) is 24.1 Å². The molecule has 2 fully saturated rings. The second-order valence-electron chi connectivity index (χ2n) is 7.60. The van der Waals surface area contributed by atoms with E-state index in [1.54, 1.807) is 6.20 Å². The van der Waals surface area contributed by atoms with E-state index in [4.69, 9.17) is 4.74 Å². The fourth-order valence-electron chi connectivity index (χ4n) is 4.09. The van der Waals surface area contributed by atoms with Crippen LogP contribution >= 0.6 is 0 Å². The topological polar surface area (TPSA) is 62.7 Å². The Hall–Kier alpha value is -2.73. The predicted molar refractivity (Wildman–Crippen MR) is 106 cm³/mol. The molecule has 1 atom stereocenters. The molecule has 0 radical (unpaired) electrons. The average Bonchev–Trinajstić information content (AvgIpc) is 2.93. The van der Waals surface area contributed by atoms with Crippen LogP contribution in [0.5, 0.6) is 0 Å². The summed E-state index contributed by atoms with van der Waals surface area (Å²) in [5.74, 6) is -0.0416. The number of ether oxygens (including phenoxy) is 1. The molecule has 0 bridgehead atoms. The fourth-order valence-corrected chi connectivity index (χ4v) is 4.09. The van der Waals surface area contributed by atoms with Crippen molar-refractivity contribution in [2.45, 2.75) is 31.8 Å². The standard InChI is InChI=1S/C22H25N3O3/c1-17-7-5-12-23-20(17)21(27)24-13-6-10-22(11-14-24)16-25(19(26)15-28-22)18-8-3-2-4-9-18/h2-5,7-9,12H,6,10-11,13-16H2,1H3. The largest absolute Gasteiger partial charge is 0.363 e. The molecule has 1 unspecified atom stereocenters. The molecule has 4 rings (SSSR count). The van der Waals surface area contributed by atoms with Gasteiger partial charge in [0.1, 0.15) is 12.3 Å². The van der Waals surface area contributed by atoms with Crippen molar-refractivity contribution in [1.82, 2.24) is 9.88 Å². The highest BCUT2D eigenvalue weighted by Crippen LogP contribution is 2.33. The zero-order chi connectivity index (χ0) is 19.6. The number of anilines is 1. The quantitative estimate of drug-likeness (QED) is 0.805. The first-order valence-corrected chi connectivity index (χ1v) is 9.78. The molecule has 2 aliphatic heterocycles. The van der Waals surface area contributed by atoms with Crippen LogP contribution in [0.4, 0.5) is 5.69 Å². The maximum Gasteiger partial charge on any atom is 0.272 e. The van der Waals surface area contributed by atoms with Crippen molar-refractivity contribution >= 4 is 17.5 Å². The summed E-state index contributed by atoms with van der Waals surface area (Å²) in [4.78, 5) is 33.3. The summed E-state index contributed by atoms with van der Waals surface area (Å²) in [7, 11) is 0. The first kappa shape index (κ1) is 18.6. The normalized spacial score (nSPS) is 23.0. The first-order valence-electron chi connectivity index (χ1n) is 9.78. The van der Waals surface area contributed by atoms with E-state index in [9.17, 15) is 9.59 Å². The first-order chi connectivity index (χ1) is 13.6. The van der Waals surface area contributed by atoms with Gasteiger partial charge in [0.25, 0.3) is 11.8 Å². The maximum absolute atomic E-state index is 12.9. The Morgan fingerprint density at radius 2 is 1.93 bits per heavy atom. The van der Waals surface area contributed by atoms with Crippen molar-refractivity contribution < 1.29 is 14.3 Å². The molecule has 2 amide bonds. The Bertz CT molecular complexity index is 870. The number of aryl methyl sites for hydroxylation is 1. The van der Waals surface area contributed by atoms with Gasteiger partial charge in [0, 0.05) is 25.0 Å². The smallest absolute Gasteiger partial charge is 0.272 e. The van der Waals surface area contributed by atoms with Crippen LogP contribution in [0, 0.1) is 6.92 Å². The third-order valence-electron chi connectivity index (χ3n) is 5.71. The van der Waals surface area contributed by atoms with Crippen molar-refractivity contribution in [3.8, 4) is 0 Å². The predicted octanol–water partition coefficient (Wildman–Crippen LogP) is 2.82. The van der Waals surface area contributed by atoms with Crippen LogP contribution in [-0.4, -0.2) is 53.5 Å². The van der Waals surface area contributed by atoms with E-state index in [1.807, 2.05) is 59.2 Å². The number of nitrogens with zero attached hydrogens (tertiary/aromatic N) is 3. The molecule has 1 spiro atoms. The van der Waals surface area contributed by atoms with E-state index >= 15 is 0 Å². The number of carbonyl (C=O) groups excluding carboxylic acids is 2. The maximum atomic E-state index is 12.9. The Morgan fingerprint density at radius 3 is 2.71 bits per heavy atom. The summed E-state index contributed by atoms with van der Waals surface area (Å²) in [6, 6.07) is 13.5. The number of benzene rings is 1. The number of pyridine rings is 1. The molecule has 6 nitrogen and oxygen atoms in total. The van der Waals surface area contributed by atoms with Crippen LogP contribution in [0.2, 0.25) is 0 Å². The minimum absolute atomic E-state index is 0.0156. The van der Waals surface area contributed by atoms with Gasteiger partial charge in [0.15, 0.2) is 0 Å². The van der Waals surface area contributed by atoms with Crippen molar-refractivity contribution in [3.05, 3.63) is 59.9 Å². The molecule has 0 saturated carbocycles. The van der Waals surface area contributed by atoms with Gasteiger partial charge in [-0.15, -0.1) is 0 Å². The Kier molecular flexibility index (Phi) is 5.13. The second-order valence-corrected chi connectivity index (χ2v) is 7.60. The molecule has 28 heavy (non-hydrogen) atoms. The van der Waals surface area contributed by atoms with Crippen molar-refractivity contribution in [2.75, 3.05) is 31.1 Å². The molecule has 6 heteroatoms. The number of amides is 2. The van der Waals surface area contributed by atoms with Gasteiger partial charge in [-0.05, 0) is 49.9 Å². The average molecular weight is 379 g/mol. The lowest BCUT2D eigenvalue weighted by atomic mass is 9.92. The van der Waals surface area contributed by atoms with E-state index in [-0.39, 0.29) is 18.4 Å². The summed E-state index contributed by atoms with van der Waals surface area (Å²) >= 11 is 0. The monoisotopic (exact) mass is 379 g/mol. The highest BCUT2D eigenvalue weighted by molar-refractivity contribution is 5.95. The summed E-state index contributed by atoms with van der Waals surface area (Å²) in [6.07, 6.45) is 4.04. The molecule has 0 N–H and O–H groups in total. The Morgan fingerprint density at radius 1 is 1.11 bits per heavy atom. The third kappa shape index (κ3) is 3.64. The number of aromatic nitrogens is 1. The molecule has 2 saturated heterocycles. The molecule has 2 aliphatic rings. The van der Waals surface area contributed by atoms with Crippen LogP contribution < -0.4 is 4.90 Å². The minimum atomic E-state index is -0.405. The summed E-state index contributed by atoms with van der Waals surface area (Å²) in [5, 5.41) is 0. The number of hydrogen-bond donors (Lipinski definition) is 0. The highest BCUT2D eigenvalue weighted by Gasteiger charge is 2.42. The van der Waals surface area contributed by atoms with Gasteiger partial charge in [-0.1, -0.05) is 24.3 Å². The van der Waals surface area contributed by atoms with Gasteiger partial charge in [-0.25, -0.2) is 0 Å². The van der Waals surface area contributed by atoms with Crippen LogP contribution in [0.1, 0.15) is 35.3 Å². The lowest BCUT2D eigenvalue weighted by molar-refractivity contribution is -0.140. The SMILES string of the molecule is Cc1cccnc1C(=O)N1CCCC2(CC1)CN(c1ccccc1)C(=O)CO2. The molecule has 1 aromatic heterocycles. The second kappa shape index (κ2) is 7.72. The molecule has 1 aromatic carbocycles. The third-order valence-corrected chi connectivity index (χ3v) is 5.71. The van der Waals surface area contributed by atoms with Crippen LogP contribution in [0.15, 0.2) is 48.7 Å². The molecule has 3 heterocycles. The van der Waals surface area contributed by atoms with Crippen molar-refractivity contribution in [1.29, 1.82) is 0 Å². The molecule has 146 valence electrons. The number of morpholine rings is 1. The van der Waals surface area contributed by atoms with Crippen LogP contribution in [-0.2, 0) is 9.53 Å². The highest BCUT2D eigenvalue weighted by atomic mass is 16.5. The van der Waals surface area contributed by atoms with Crippen LogP contribution in [0.25, 0.3) is 0 Å². The zero-order valence-corrected chi connectivity index (χ0v) is 16.1. The van der Waals surface area contributed by atoms with Gasteiger partial charge in [0.2, 0.25) is 0 Å². The van der Waals surface area contributed by atoms with Crippen LogP contribution in [0.3, 0.4) is 0 Å². The summed E-state index contributed by atoms with van der Waals surface area (Å²) in [5.41, 5.74) is 1.90. The van der Waals surface area contributed by atoms with Crippen molar-refractivity contribution in [3.63, 3.8) is 0 Å². The van der Waals surface area contributed by atoms with Gasteiger partial charge in [-0.3, -0.25) is 14.6 Å². The van der Waals surface area contributed by atoms with E-state index in [1.165, 1.54) is 0 Å².